The van der Waals surface area contributed by atoms with Crippen LogP contribution < -0.4 is 14.8 Å². The summed E-state index contributed by atoms with van der Waals surface area (Å²) in [4.78, 5) is 24.0. The standard InChI is InChI=1S/C23H26N4O4S/c1-5-27-21(14-31-20-8-6-7-19(13-20)30-4)25-26-23(27)32-16(3)22(29)24-18-11-9-17(10-12-18)15(2)28/h6-13,16H,5,14H2,1-4H3,(H,24,29). The van der Waals surface area contributed by atoms with E-state index in [1.54, 1.807) is 37.4 Å². The number of carbonyl (C=O) groups is 2. The summed E-state index contributed by atoms with van der Waals surface area (Å²) in [6, 6.07) is 14.2. The van der Waals surface area contributed by atoms with Crippen LogP contribution in [0, 0.1) is 0 Å². The van der Waals surface area contributed by atoms with Crippen molar-refractivity contribution in [1.29, 1.82) is 0 Å². The number of amides is 1. The molecule has 8 nitrogen and oxygen atoms in total. The maximum atomic E-state index is 12.6. The van der Waals surface area contributed by atoms with Gasteiger partial charge in [-0.3, -0.25) is 9.59 Å². The fourth-order valence-corrected chi connectivity index (χ4v) is 3.85. The molecule has 0 bridgehead atoms. The largest absolute Gasteiger partial charge is 0.497 e. The molecule has 1 heterocycles. The number of benzene rings is 2. The molecule has 1 amide bonds. The molecule has 0 saturated carbocycles. The van der Waals surface area contributed by atoms with E-state index < -0.39 is 5.25 Å². The number of hydrogen-bond donors (Lipinski definition) is 1. The molecular formula is C23H26N4O4S. The van der Waals surface area contributed by atoms with Crippen molar-refractivity contribution in [1.82, 2.24) is 14.8 Å². The van der Waals surface area contributed by atoms with Crippen molar-refractivity contribution in [2.24, 2.45) is 0 Å². The van der Waals surface area contributed by atoms with Gasteiger partial charge in [0.2, 0.25) is 5.91 Å². The van der Waals surface area contributed by atoms with Gasteiger partial charge in [0.05, 0.1) is 12.4 Å². The van der Waals surface area contributed by atoms with E-state index in [1.807, 2.05) is 36.6 Å². The third-order valence-corrected chi connectivity index (χ3v) is 5.81. The number of aromatic nitrogens is 3. The molecule has 0 aliphatic heterocycles. The lowest BCUT2D eigenvalue weighted by Gasteiger charge is -2.13. The van der Waals surface area contributed by atoms with Gasteiger partial charge in [-0.05, 0) is 57.2 Å². The van der Waals surface area contributed by atoms with Crippen LogP contribution in [0.25, 0.3) is 0 Å². The molecule has 0 aliphatic rings. The highest BCUT2D eigenvalue weighted by molar-refractivity contribution is 8.00. The van der Waals surface area contributed by atoms with Gasteiger partial charge in [-0.25, -0.2) is 0 Å². The first-order valence-corrected chi connectivity index (χ1v) is 11.1. The highest BCUT2D eigenvalue weighted by atomic mass is 32.2. The minimum atomic E-state index is -0.399. The molecular weight excluding hydrogens is 428 g/mol. The lowest BCUT2D eigenvalue weighted by Crippen LogP contribution is -2.23. The van der Waals surface area contributed by atoms with Gasteiger partial charge in [0.15, 0.2) is 16.8 Å². The minimum absolute atomic E-state index is 0.0168. The fourth-order valence-electron chi connectivity index (χ4n) is 2.91. The normalized spacial score (nSPS) is 11.6. The van der Waals surface area contributed by atoms with Crippen molar-refractivity contribution in [3.8, 4) is 11.5 Å². The van der Waals surface area contributed by atoms with Crippen molar-refractivity contribution in [2.75, 3.05) is 12.4 Å². The molecule has 168 valence electrons. The smallest absolute Gasteiger partial charge is 0.237 e. The molecule has 1 aromatic heterocycles. The molecule has 0 spiro atoms. The maximum Gasteiger partial charge on any atom is 0.237 e. The number of anilines is 1. The number of ether oxygens (including phenoxy) is 2. The molecule has 9 heteroatoms. The number of rotatable bonds is 10. The Bertz CT molecular complexity index is 1080. The van der Waals surface area contributed by atoms with Crippen molar-refractivity contribution in [3.05, 3.63) is 59.9 Å². The molecule has 3 rings (SSSR count). The van der Waals surface area contributed by atoms with Crippen LogP contribution in [0.3, 0.4) is 0 Å². The van der Waals surface area contributed by atoms with Crippen molar-refractivity contribution in [2.45, 2.75) is 44.3 Å². The number of methoxy groups -OCH3 is 1. The summed E-state index contributed by atoms with van der Waals surface area (Å²) in [5, 5.41) is 11.6. The van der Waals surface area contributed by atoms with Gasteiger partial charge >= 0.3 is 0 Å². The van der Waals surface area contributed by atoms with Crippen molar-refractivity contribution < 1.29 is 19.1 Å². The van der Waals surface area contributed by atoms with Gasteiger partial charge < -0.3 is 19.4 Å². The molecule has 0 radical (unpaired) electrons. The predicted octanol–water partition coefficient (Wildman–Crippen LogP) is 4.21. The van der Waals surface area contributed by atoms with Crippen molar-refractivity contribution in [3.63, 3.8) is 0 Å². The van der Waals surface area contributed by atoms with Gasteiger partial charge in [0.1, 0.15) is 18.1 Å². The van der Waals surface area contributed by atoms with E-state index in [4.69, 9.17) is 9.47 Å². The van der Waals surface area contributed by atoms with E-state index in [-0.39, 0.29) is 18.3 Å². The molecule has 0 aliphatic carbocycles. The first-order chi connectivity index (χ1) is 15.4. The summed E-state index contributed by atoms with van der Waals surface area (Å²) < 4.78 is 13.0. The maximum absolute atomic E-state index is 12.6. The van der Waals surface area contributed by atoms with E-state index in [1.165, 1.54) is 18.7 Å². The van der Waals surface area contributed by atoms with Crippen LogP contribution in [-0.2, 0) is 17.9 Å². The number of ketones is 1. The van der Waals surface area contributed by atoms with E-state index in [0.717, 1.165) is 0 Å². The Hall–Kier alpha value is -3.33. The number of thioether (sulfide) groups is 1. The number of nitrogens with one attached hydrogen (secondary N) is 1. The van der Waals surface area contributed by atoms with Crippen molar-refractivity contribution >= 4 is 29.1 Å². The van der Waals surface area contributed by atoms with E-state index in [9.17, 15) is 9.59 Å². The van der Waals surface area contributed by atoms with Gasteiger partial charge in [0.25, 0.3) is 0 Å². The zero-order chi connectivity index (χ0) is 23.1. The first kappa shape index (κ1) is 23.3. The highest BCUT2D eigenvalue weighted by Gasteiger charge is 2.20. The number of hydrogen-bond acceptors (Lipinski definition) is 7. The number of Topliss-reactive ketones (excluding diaryl/α,β-unsaturated/α-hetero) is 1. The lowest BCUT2D eigenvalue weighted by atomic mass is 10.1. The van der Waals surface area contributed by atoms with Crippen LogP contribution in [0.15, 0.2) is 53.7 Å². The molecule has 1 N–H and O–H groups in total. The average Bonchev–Trinajstić information content (AvgIpc) is 3.19. The van der Waals surface area contributed by atoms with Crippen LogP contribution in [0.4, 0.5) is 5.69 Å². The average molecular weight is 455 g/mol. The Morgan fingerprint density at radius 2 is 1.84 bits per heavy atom. The van der Waals surface area contributed by atoms with Gasteiger partial charge in [0, 0.05) is 23.9 Å². The van der Waals surface area contributed by atoms with Crippen LogP contribution in [0.1, 0.15) is 37.0 Å². The second-order valence-corrected chi connectivity index (χ2v) is 8.30. The summed E-state index contributed by atoms with van der Waals surface area (Å²) >= 11 is 1.33. The Balaban J connectivity index is 1.61. The summed E-state index contributed by atoms with van der Waals surface area (Å²) in [5.74, 6) is 1.88. The van der Waals surface area contributed by atoms with E-state index in [0.29, 0.717) is 40.3 Å². The van der Waals surface area contributed by atoms with Crippen LogP contribution in [-0.4, -0.2) is 38.8 Å². The Labute approximate surface area is 191 Å². The quantitative estimate of drug-likeness (QED) is 0.362. The lowest BCUT2D eigenvalue weighted by molar-refractivity contribution is -0.115. The summed E-state index contributed by atoms with van der Waals surface area (Å²) in [7, 11) is 1.61. The first-order valence-electron chi connectivity index (χ1n) is 10.2. The van der Waals surface area contributed by atoms with Crippen LogP contribution in [0.2, 0.25) is 0 Å². The molecule has 0 saturated heterocycles. The third kappa shape index (κ3) is 5.88. The molecule has 0 fully saturated rings. The summed E-state index contributed by atoms with van der Waals surface area (Å²) in [6.07, 6.45) is 0. The topological polar surface area (TPSA) is 95.3 Å². The predicted molar refractivity (Wildman–Crippen MR) is 123 cm³/mol. The molecule has 1 unspecified atom stereocenters. The third-order valence-electron chi connectivity index (χ3n) is 4.73. The van der Waals surface area contributed by atoms with Gasteiger partial charge in [-0.15, -0.1) is 10.2 Å². The molecule has 3 aromatic rings. The zero-order valence-corrected chi connectivity index (χ0v) is 19.3. The van der Waals surface area contributed by atoms with Crippen LogP contribution in [0.5, 0.6) is 11.5 Å². The fraction of sp³-hybridized carbons (Fsp3) is 0.304. The molecule has 2 aromatic carbocycles. The highest BCUT2D eigenvalue weighted by Crippen LogP contribution is 2.25. The van der Waals surface area contributed by atoms with E-state index >= 15 is 0 Å². The minimum Gasteiger partial charge on any atom is -0.497 e. The number of carbonyl (C=O) groups excluding carboxylic acids is 2. The summed E-state index contributed by atoms with van der Waals surface area (Å²) in [6.45, 7) is 6.20. The second-order valence-electron chi connectivity index (χ2n) is 6.99. The SMILES string of the molecule is CCn1c(COc2cccc(OC)c2)nnc1SC(C)C(=O)Nc1ccc(C(C)=O)cc1. The molecule has 1 atom stereocenters. The monoisotopic (exact) mass is 454 g/mol. The number of nitrogens with zero attached hydrogens (tertiary/aromatic N) is 3. The van der Waals surface area contributed by atoms with E-state index in [2.05, 4.69) is 15.5 Å². The molecule has 32 heavy (non-hydrogen) atoms. The van der Waals surface area contributed by atoms with Crippen LogP contribution >= 0.6 is 11.8 Å². The van der Waals surface area contributed by atoms with Gasteiger partial charge in [-0.2, -0.15) is 0 Å². The summed E-state index contributed by atoms with van der Waals surface area (Å²) in [5.41, 5.74) is 1.24. The second kappa shape index (κ2) is 10.8. The zero-order valence-electron chi connectivity index (χ0n) is 18.5. The Morgan fingerprint density at radius 1 is 1.12 bits per heavy atom. The van der Waals surface area contributed by atoms with Gasteiger partial charge in [-0.1, -0.05) is 17.8 Å². The Morgan fingerprint density at radius 3 is 2.50 bits per heavy atom. The Kier molecular flexibility index (Phi) is 7.88.